The molecule has 1 aliphatic heterocycles. The normalized spacial score (nSPS) is 17.2. The summed E-state index contributed by atoms with van der Waals surface area (Å²) in [6.07, 6.45) is 1.39. The predicted octanol–water partition coefficient (Wildman–Crippen LogP) is -0.0523. The molecule has 0 atom stereocenters. The van der Waals surface area contributed by atoms with Gasteiger partial charge in [-0.2, -0.15) is 0 Å². The van der Waals surface area contributed by atoms with E-state index in [-0.39, 0.29) is 5.95 Å². The quantitative estimate of drug-likeness (QED) is 0.339. The van der Waals surface area contributed by atoms with Crippen LogP contribution in [0.25, 0.3) is 0 Å². The number of ether oxygens (including phenoxy) is 2. The fourth-order valence-corrected chi connectivity index (χ4v) is 0.405. The zero-order valence-electron chi connectivity index (χ0n) is 4.71. The smallest absolute Gasteiger partial charge is 0.384 e. The van der Waals surface area contributed by atoms with Crippen molar-refractivity contribution in [1.29, 1.82) is 0 Å². The third-order valence-electron chi connectivity index (χ3n) is 0.789. The largest absolute Gasteiger partial charge is 0.425 e. The van der Waals surface area contributed by atoms with Crippen molar-refractivity contribution >= 4 is 11.9 Å². The third-order valence-corrected chi connectivity index (χ3v) is 0.789. The van der Waals surface area contributed by atoms with Crippen LogP contribution in [-0.4, -0.2) is 11.9 Å². The molecule has 0 bridgehead atoms. The average molecular weight is 128 g/mol. The number of hydrogen-bond donors (Lipinski definition) is 0. The van der Waals surface area contributed by atoms with Gasteiger partial charge in [0.25, 0.3) is 5.95 Å². The molecule has 0 N–H and O–H groups in total. The Morgan fingerprint density at radius 1 is 1.22 bits per heavy atom. The van der Waals surface area contributed by atoms with Crippen LogP contribution in [0.1, 0.15) is 6.92 Å². The SMILES string of the molecule is CC=C1OC(=O)C(=O)O1. The second-order valence-electron chi connectivity index (χ2n) is 1.39. The third kappa shape index (κ3) is 0.910. The summed E-state index contributed by atoms with van der Waals surface area (Å²) in [5.74, 6) is -1.95. The van der Waals surface area contributed by atoms with Gasteiger partial charge in [-0.05, 0) is 13.0 Å². The zero-order valence-corrected chi connectivity index (χ0v) is 4.71. The van der Waals surface area contributed by atoms with Crippen LogP contribution in [0.3, 0.4) is 0 Å². The lowest BCUT2D eigenvalue weighted by Crippen LogP contribution is -2.05. The Balaban J connectivity index is 2.76. The van der Waals surface area contributed by atoms with E-state index in [1.807, 2.05) is 0 Å². The number of esters is 2. The Morgan fingerprint density at radius 2 is 1.67 bits per heavy atom. The molecule has 9 heavy (non-hydrogen) atoms. The first-order valence-corrected chi connectivity index (χ1v) is 2.34. The van der Waals surface area contributed by atoms with Gasteiger partial charge < -0.3 is 9.47 Å². The summed E-state index contributed by atoms with van der Waals surface area (Å²) < 4.78 is 8.55. The van der Waals surface area contributed by atoms with Crippen molar-refractivity contribution in [3.8, 4) is 0 Å². The van der Waals surface area contributed by atoms with Crippen LogP contribution >= 0.6 is 0 Å². The molecular weight excluding hydrogens is 124 g/mol. The van der Waals surface area contributed by atoms with Crippen LogP contribution in [0.2, 0.25) is 0 Å². The van der Waals surface area contributed by atoms with E-state index in [4.69, 9.17) is 0 Å². The van der Waals surface area contributed by atoms with Gasteiger partial charge in [-0.1, -0.05) is 0 Å². The molecule has 0 aromatic rings. The second-order valence-corrected chi connectivity index (χ2v) is 1.39. The molecular formula is C5H4O4. The summed E-state index contributed by atoms with van der Waals surface area (Å²) in [5, 5.41) is 0. The zero-order chi connectivity index (χ0) is 6.85. The van der Waals surface area contributed by atoms with E-state index >= 15 is 0 Å². The minimum Gasteiger partial charge on any atom is -0.384 e. The molecule has 0 amide bonds. The fraction of sp³-hybridized carbons (Fsp3) is 0.200. The molecule has 0 spiro atoms. The van der Waals surface area contributed by atoms with Crippen molar-refractivity contribution in [1.82, 2.24) is 0 Å². The van der Waals surface area contributed by atoms with Gasteiger partial charge in [0, 0.05) is 0 Å². The molecule has 0 aromatic carbocycles. The molecule has 1 heterocycles. The summed E-state index contributed by atoms with van der Waals surface area (Å²) in [6.45, 7) is 1.60. The highest BCUT2D eigenvalue weighted by Crippen LogP contribution is 2.09. The first-order valence-electron chi connectivity index (χ1n) is 2.34. The predicted molar refractivity (Wildman–Crippen MR) is 25.9 cm³/mol. The topological polar surface area (TPSA) is 52.6 Å². The molecule has 1 saturated heterocycles. The van der Waals surface area contributed by atoms with Crippen LogP contribution in [0, 0.1) is 0 Å². The van der Waals surface area contributed by atoms with E-state index in [9.17, 15) is 9.59 Å². The van der Waals surface area contributed by atoms with Crippen molar-refractivity contribution in [3.05, 3.63) is 12.0 Å². The second kappa shape index (κ2) is 1.89. The summed E-state index contributed by atoms with van der Waals surface area (Å²) >= 11 is 0. The summed E-state index contributed by atoms with van der Waals surface area (Å²) in [4.78, 5) is 20.4. The maximum absolute atomic E-state index is 10.2. The lowest BCUT2D eigenvalue weighted by atomic mass is 10.7. The van der Waals surface area contributed by atoms with E-state index in [0.29, 0.717) is 0 Å². The molecule has 4 nitrogen and oxygen atoms in total. The van der Waals surface area contributed by atoms with E-state index in [1.165, 1.54) is 6.08 Å². The average Bonchev–Trinajstić information content (AvgIpc) is 2.13. The minimum atomic E-state index is -0.955. The van der Waals surface area contributed by atoms with E-state index in [2.05, 4.69) is 9.47 Å². The highest BCUT2D eigenvalue weighted by molar-refractivity contribution is 6.31. The summed E-state index contributed by atoms with van der Waals surface area (Å²) in [6, 6.07) is 0. The van der Waals surface area contributed by atoms with Crippen LogP contribution in [0.4, 0.5) is 0 Å². The number of carbonyl (C=O) groups is 2. The van der Waals surface area contributed by atoms with Crippen molar-refractivity contribution in [3.63, 3.8) is 0 Å². The van der Waals surface area contributed by atoms with Crippen molar-refractivity contribution < 1.29 is 19.1 Å². The van der Waals surface area contributed by atoms with Crippen molar-refractivity contribution in [2.45, 2.75) is 6.92 Å². The van der Waals surface area contributed by atoms with Crippen molar-refractivity contribution in [2.75, 3.05) is 0 Å². The minimum absolute atomic E-state index is 0.0370. The lowest BCUT2D eigenvalue weighted by Gasteiger charge is -1.85. The molecule has 1 rings (SSSR count). The maximum Gasteiger partial charge on any atom is 0.425 e. The van der Waals surface area contributed by atoms with Gasteiger partial charge in [0.05, 0.1) is 0 Å². The van der Waals surface area contributed by atoms with Gasteiger partial charge in [0.2, 0.25) is 0 Å². The maximum atomic E-state index is 10.2. The van der Waals surface area contributed by atoms with Gasteiger partial charge in [-0.15, -0.1) is 0 Å². The Morgan fingerprint density at radius 3 is 1.89 bits per heavy atom. The molecule has 48 valence electrons. The molecule has 0 radical (unpaired) electrons. The summed E-state index contributed by atoms with van der Waals surface area (Å²) in [7, 11) is 0. The number of carbonyl (C=O) groups excluding carboxylic acids is 2. The molecule has 0 aliphatic carbocycles. The monoisotopic (exact) mass is 128 g/mol. The highest BCUT2D eigenvalue weighted by atomic mass is 16.8. The first-order chi connectivity index (χ1) is 4.24. The number of hydrogen-bond acceptors (Lipinski definition) is 4. The number of rotatable bonds is 0. The Kier molecular flexibility index (Phi) is 1.22. The molecule has 1 fully saturated rings. The van der Waals surface area contributed by atoms with E-state index < -0.39 is 11.9 Å². The van der Waals surface area contributed by atoms with Crippen LogP contribution in [0.5, 0.6) is 0 Å². The fourth-order valence-electron chi connectivity index (χ4n) is 0.405. The van der Waals surface area contributed by atoms with E-state index in [0.717, 1.165) is 0 Å². The summed E-state index contributed by atoms with van der Waals surface area (Å²) in [5.41, 5.74) is 0. The Bertz CT molecular complexity index is 173. The first kappa shape index (κ1) is 5.81. The van der Waals surface area contributed by atoms with E-state index in [1.54, 1.807) is 6.92 Å². The van der Waals surface area contributed by atoms with Crippen LogP contribution < -0.4 is 0 Å². The lowest BCUT2D eigenvalue weighted by molar-refractivity contribution is -0.150. The van der Waals surface area contributed by atoms with Crippen molar-refractivity contribution in [2.24, 2.45) is 0 Å². The Hall–Kier alpha value is -1.32. The molecule has 4 heteroatoms. The van der Waals surface area contributed by atoms with Gasteiger partial charge >= 0.3 is 11.9 Å². The standard InChI is InChI=1S/C5H4O4/c1-2-3-8-4(6)5(7)9-3/h2H,1H3. The number of cyclic esters (lactones) is 2. The van der Waals surface area contributed by atoms with Gasteiger partial charge in [-0.3, -0.25) is 0 Å². The van der Waals surface area contributed by atoms with Crippen LogP contribution in [-0.2, 0) is 19.1 Å². The molecule has 0 unspecified atom stereocenters. The molecule has 0 aromatic heterocycles. The highest BCUT2D eigenvalue weighted by Gasteiger charge is 2.29. The van der Waals surface area contributed by atoms with Gasteiger partial charge in [0.1, 0.15) is 0 Å². The molecule has 1 aliphatic rings. The molecule has 0 saturated carbocycles. The number of allylic oxidation sites excluding steroid dienone is 1. The van der Waals surface area contributed by atoms with Gasteiger partial charge in [-0.25, -0.2) is 9.59 Å². The Labute approximate surface area is 51.1 Å². The van der Waals surface area contributed by atoms with Crippen LogP contribution in [0.15, 0.2) is 12.0 Å². The van der Waals surface area contributed by atoms with Gasteiger partial charge in [0.15, 0.2) is 0 Å².